The van der Waals surface area contributed by atoms with Crippen LogP contribution in [0.1, 0.15) is 43.3 Å². The summed E-state index contributed by atoms with van der Waals surface area (Å²) in [5, 5.41) is -0.140. The zero-order chi connectivity index (χ0) is 24.6. The summed E-state index contributed by atoms with van der Waals surface area (Å²) in [7, 11) is 0. The van der Waals surface area contributed by atoms with Gasteiger partial charge in [0.15, 0.2) is 0 Å². The predicted molar refractivity (Wildman–Crippen MR) is 126 cm³/mol. The van der Waals surface area contributed by atoms with E-state index in [-0.39, 0.29) is 39.0 Å². The molecule has 0 fully saturated rings. The molecule has 0 radical (unpaired) electrons. The molecule has 0 saturated carbocycles. The quantitative estimate of drug-likeness (QED) is 0.252. The second kappa shape index (κ2) is 9.45. The van der Waals surface area contributed by atoms with E-state index in [9.17, 15) is 22.8 Å². The van der Waals surface area contributed by atoms with Crippen LogP contribution in [0.5, 0.6) is 0 Å². The highest BCUT2D eigenvalue weighted by Crippen LogP contribution is 2.41. The van der Waals surface area contributed by atoms with Crippen LogP contribution in [-0.4, -0.2) is 22.9 Å². The maximum absolute atomic E-state index is 13.7. The summed E-state index contributed by atoms with van der Waals surface area (Å²) < 4.78 is 41.1. The summed E-state index contributed by atoms with van der Waals surface area (Å²) in [4.78, 5) is 26.2. The average Bonchev–Trinajstić information content (AvgIpc) is 3.03. The molecule has 3 aromatic carbocycles. The lowest BCUT2D eigenvalue weighted by molar-refractivity contribution is -0.139. The van der Waals surface area contributed by atoms with Gasteiger partial charge in [-0.25, -0.2) is 0 Å². The summed E-state index contributed by atoms with van der Waals surface area (Å²) in [5.41, 5.74) is 1.74. The number of carbonyl (C=O) groups is 2. The van der Waals surface area contributed by atoms with Gasteiger partial charge in [0, 0.05) is 0 Å². The highest BCUT2D eigenvalue weighted by molar-refractivity contribution is 6.48. The number of allylic oxidation sites excluding steroid dienone is 1. The smallest absolute Gasteiger partial charge is 0.270 e. The Balaban J connectivity index is 1.52. The topological polar surface area (TPSA) is 37.4 Å². The van der Waals surface area contributed by atoms with Crippen LogP contribution >= 0.6 is 34.8 Å². The molecule has 0 aliphatic carbocycles. The van der Waals surface area contributed by atoms with E-state index in [1.165, 1.54) is 6.08 Å². The Morgan fingerprint density at radius 3 is 1.88 bits per heavy atom. The minimum absolute atomic E-state index is 0.00867. The van der Waals surface area contributed by atoms with Crippen molar-refractivity contribution in [2.75, 3.05) is 0 Å². The van der Waals surface area contributed by atoms with Gasteiger partial charge < -0.3 is 0 Å². The number of nitrogens with zero attached hydrogens (tertiary/aromatic N) is 1. The van der Waals surface area contributed by atoms with Crippen molar-refractivity contribution in [3.63, 3.8) is 0 Å². The van der Waals surface area contributed by atoms with Crippen LogP contribution in [0.3, 0.4) is 0 Å². The highest BCUT2D eigenvalue weighted by Gasteiger charge is 2.39. The third-order valence-electron chi connectivity index (χ3n) is 5.40. The van der Waals surface area contributed by atoms with Crippen LogP contribution < -0.4 is 0 Å². The first-order chi connectivity index (χ1) is 16.1. The first kappa shape index (κ1) is 24.3. The lowest BCUT2D eigenvalue weighted by atomic mass is 9.97. The number of hydrogen-bond acceptors (Lipinski definition) is 2. The number of halogens is 6. The standard InChI is InChI=1S/C25H15Cl3F3NO2/c26-20-11-16(12-21(27)22(20)28)19(25(29,30)31)10-9-14-5-7-15(8-6-14)13-32-23(33)17-3-1-2-4-18(17)24(32)34/h1-12,19H,13H2/b10-9+. The maximum atomic E-state index is 13.7. The van der Waals surface area contributed by atoms with E-state index in [4.69, 9.17) is 34.8 Å². The van der Waals surface area contributed by atoms with Gasteiger partial charge in [-0.05, 0) is 41.0 Å². The van der Waals surface area contributed by atoms with Gasteiger partial charge in [-0.2, -0.15) is 13.2 Å². The number of alkyl halides is 3. The van der Waals surface area contributed by atoms with Crippen LogP contribution in [0, 0.1) is 0 Å². The van der Waals surface area contributed by atoms with Crippen LogP contribution in [0.25, 0.3) is 6.08 Å². The molecule has 34 heavy (non-hydrogen) atoms. The average molecular weight is 525 g/mol. The zero-order valence-corrected chi connectivity index (χ0v) is 19.5. The fourth-order valence-corrected chi connectivity index (χ4v) is 4.28. The molecule has 0 aromatic heterocycles. The number of benzene rings is 3. The molecule has 1 heterocycles. The molecular formula is C25H15Cl3F3NO2. The molecule has 1 aliphatic heterocycles. The third-order valence-corrected chi connectivity index (χ3v) is 6.59. The number of fused-ring (bicyclic) bond motifs is 1. The molecule has 9 heteroatoms. The van der Waals surface area contributed by atoms with Crippen molar-refractivity contribution in [3.8, 4) is 0 Å². The van der Waals surface area contributed by atoms with E-state index < -0.39 is 12.1 Å². The van der Waals surface area contributed by atoms with Crippen molar-refractivity contribution in [3.05, 3.63) is 110 Å². The fraction of sp³-hybridized carbons (Fsp3) is 0.120. The normalized spacial score (nSPS) is 14.7. The number of rotatable bonds is 5. The van der Waals surface area contributed by atoms with Crippen molar-refractivity contribution in [2.45, 2.75) is 18.6 Å². The van der Waals surface area contributed by atoms with Crippen molar-refractivity contribution < 1.29 is 22.8 Å². The van der Waals surface area contributed by atoms with E-state index >= 15 is 0 Å². The molecule has 2 amide bonds. The Hall–Kier alpha value is -2.80. The lowest BCUT2D eigenvalue weighted by Gasteiger charge is -2.18. The molecule has 0 bridgehead atoms. The minimum atomic E-state index is -4.58. The molecule has 3 nitrogen and oxygen atoms in total. The molecule has 0 spiro atoms. The van der Waals surface area contributed by atoms with Gasteiger partial charge in [0.25, 0.3) is 11.8 Å². The van der Waals surface area contributed by atoms with E-state index in [1.54, 1.807) is 48.5 Å². The highest BCUT2D eigenvalue weighted by atomic mass is 35.5. The zero-order valence-electron chi connectivity index (χ0n) is 17.2. The van der Waals surface area contributed by atoms with Crippen molar-refractivity contribution >= 4 is 52.7 Å². The van der Waals surface area contributed by atoms with E-state index in [2.05, 4.69) is 0 Å². The summed E-state index contributed by atoms with van der Waals surface area (Å²) in [5.74, 6) is -2.70. The SMILES string of the molecule is O=C1c2ccccc2C(=O)N1Cc1ccc(/C=C/C(c2cc(Cl)c(Cl)c(Cl)c2)C(F)(F)F)cc1. The molecule has 1 unspecified atom stereocenters. The second-order valence-electron chi connectivity index (χ2n) is 7.66. The monoisotopic (exact) mass is 523 g/mol. The molecule has 0 N–H and O–H groups in total. The molecule has 0 saturated heterocycles. The van der Waals surface area contributed by atoms with E-state index in [0.29, 0.717) is 22.3 Å². The van der Waals surface area contributed by atoms with Gasteiger partial charge in [-0.15, -0.1) is 0 Å². The molecular weight excluding hydrogens is 510 g/mol. The van der Waals surface area contributed by atoms with Crippen molar-refractivity contribution in [2.24, 2.45) is 0 Å². The number of imide groups is 1. The Kier molecular flexibility index (Phi) is 6.76. The maximum Gasteiger partial charge on any atom is 0.399 e. The van der Waals surface area contributed by atoms with Crippen LogP contribution in [0.2, 0.25) is 15.1 Å². The summed E-state index contributed by atoms with van der Waals surface area (Å²) in [6, 6.07) is 15.4. The Morgan fingerprint density at radius 1 is 0.853 bits per heavy atom. The third kappa shape index (κ3) is 4.85. The van der Waals surface area contributed by atoms with Crippen molar-refractivity contribution in [1.29, 1.82) is 0 Å². The Morgan fingerprint density at radius 2 is 1.38 bits per heavy atom. The fourth-order valence-electron chi connectivity index (χ4n) is 3.67. The van der Waals surface area contributed by atoms with Crippen LogP contribution in [-0.2, 0) is 6.54 Å². The summed E-state index contributed by atoms with van der Waals surface area (Å²) in [6.45, 7) is 0.0588. The molecule has 1 atom stereocenters. The van der Waals surface area contributed by atoms with E-state index in [0.717, 1.165) is 23.1 Å². The first-order valence-corrected chi connectivity index (χ1v) is 11.1. The first-order valence-electron chi connectivity index (χ1n) is 10.00. The number of carbonyl (C=O) groups excluding carboxylic acids is 2. The van der Waals surface area contributed by atoms with E-state index in [1.807, 2.05) is 0 Å². The largest absolute Gasteiger partial charge is 0.399 e. The summed E-state index contributed by atoms with van der Waals surface area (Å²) in [6.07, 6.45) is -2.24. The van der Waals surface area contributed by atoms with Gasteiger partial charge in [0.2, 0.25) is 0 Å². The lowest BCUT2D eigenvalue weighted by Crippen LogP contribution is -2.29. The van der Waals surface area contributed by atoms with Gasteiger partial charge in [0.1, 0.15) is 0 Å². The van der Waals surface area contributed by atoms with Gasteiger partial charge >= 0.3 is 6.18 Å². The predicted octanol–water partition coefficient (Wildman–Crippen LogP) is 7.80. The van der Waals surface area contributed by atoms with Gasteiger partial charge in [-0.3, -0.25) is 14.5 Å². The molecule has 174 valence electrons. The molecule has 3 aromatic rings. The van der Waals surface area contributed by atoms with Crippen LogP contribution in [0.4, 0.5) is 13.2 Å². The number of amides is 2. The molecule has 1 aliphatic rings. The van der Waals surface area contributed by atoms with Crippen LogP contribution in [0.15, 0.2) is 66.7 Å². The van der Waals surface area contributed by atoms with Crippen molar-refractivity contribution in [1.82, 2.24) is 4.90 Å². The number of hydrogen-bond donors (Lipinski definition) is 0. The minimum Gasteiger partial charge on any atom is -0.270 e. The Bertz CT molecular complexity index is 1250. The molecule has 4 rings (SSSR count). The van der Waals surface area contributed by atoms with Gasteiger partial charge in [0.05, 0.1) is 38.7 Å². The van der Waals surface area contributed by atoms with Gasteiger partial charge in [-0.1, -0.05) is 83.4 Å². The second-order valence-corrected chi connectivity index (χ2v) is 8.85. The summed E-state index contributed by atoms with van der Waals surface area (Å²) >= 11 is 17.7. The Labute approximate surface area is 208 Å².